The van der Waals surface area contributed by atoms with Crippen molar-refractivity contribution in [3.05, 3.63) is 40.2 Å². The Labute approximate surface area is 116 Å². The van der Waals surface area contributed by atoms with Gasteiger partial charge in [0.05, 0.1) is 0 Å². The van der Waals surface area contributed by atoms with Crippen LogP contribution in [0.1, 0.15) is 22.8 Å². The highest BCUT2D eigenvalue weighted by Gasteiger charge is 2.18. The maximum atomic E-state index is 13.7. The molecule has 0 aromatic heterocycles. The van der Waals surface area contributed by atoms with Crippen molar-refractivity contribution in [1.82, 2.24) is 5.32 Å². The van der Waals surface area contributed by atoms with E-state index in [4.69, 9.17) is 5.73 Å². The van der Waals surface area contributed by atoms with Gasteiger partial charge in [-0.2, -0.15) is 0 Å². The molecule has 20 heavy (non-hydrogen) atoms. The zero-order valence-electron chi connectivity index (χ0n) is 11.3. The lowest BCUT2D eigenvalue weighted by atomic mass is 10.0. The van der Waals surface area contributed by atoms with Crippen LogP contribution in [0.25, 0.3) is 0 Å². The highest BCUT2D eigenvalue weighted by Crippen LogP contribution is 2.22. The molecule has 0 spiro atoms. The predicted octanol–water partition coefficient (Wildman–Crippen LogP) is 1.09. The largest absolute Gasteiger partial charge is 0.366 e. The van der Waals surface area contributed by atoms with E-state index >= 15 is 0 Å². The standard InChI is InChI=1S/C14H16FN3O2/c1-7(10-5-17-6-10)14(20)18-12-4-9(13(16)19)3-11(15)8(12)2/h3-4,17H,5-6H2,1-2H3,(H2,16,19)(H,18,20). The molecule has 0 aliphatic carbocycles. The fourth-order valence-corrected chi connectivity index (χ4v) is 1.84. The second-order valence-corrected chi connectivity index (χ2v) is 4.78. The molecule has 0 atom stereocenters. The highest BCUT2D eigenvalue weighted by atomic mass is 19.1. The Hall–Kier alpha value is -2.21. The third-order valence-electron chi connectivity index (χ3n) is 3.42. The maximum Gasteiger partial charge on any atom is 0.251 e. The number of nitrogens with two attached hydrogens (primary N) is 1. The van der Waals surface area contributed by atoms with E-state index in [9.17, 15) is 14.0 Å². The summed E-state index contributed by atoms with van der Waals surface area (Å²) in [6.07, 6.45) is 0. The Morgan fingerprint density at radius 1 is 1.35 bits per heavy atom. The van der Waals surface area contributed by atoms with E-state index in [1.54, 1.807) is 6.92 Å². The monoisotopic (exact) mass is 277 g/mol. The molecule has 5 nitrogen and oxygen atoms in total. The summed E-state index contributed by atoms with van der Waals surface area (Å²) in [6.45, 7) is 4.63. The minimum absolute atomic E-state index is 0.0269. The van der Waals surface area contributed by atoms with E-state index in [0.717, 1.165) is 11.6 Å². The molecule has 1 aliphatic rings. The molecule has 0 saturated carbocycles. The quantitative estimate of drug-likeness (QED) is 0.723. The van der Waals surface area contributed by atoms with Gasteiger partial charge in [0.2, 0.25) is 5.91 Å². The first-order chi connectivity index (χ1) is 9.40. The van der Waals surface area contributed by atoms with Crippen molar-refractivity contribution < 1.29 is 14.0 Å². The van der Waals surface area contributed by atoms with Crippen molar-refractivity contribution in [1.29, 1.82) is 0 Å². The molecule has 1 saturated heterocycles. The summed E-state index contributed by atoms with van der Waals surface area (Å²) in [4.78, 5) is 23.2. The van der Waals surface area contributed by atoms with Gasteiger partial charge in [0, 0.05) is 35.5 Å². The average molecular weight is 277 g/mol. The fraction of sp³-hybridized carbons (Fsp3) is 0.286. The number of carbonyl (C=O) groups is 2. The molecular weight excluding hydrogens is 261 g/mol. The molecule has 2 rings (SSSR count). The number of hydrogen-bond acceptors (Lipinski definition) is 3. The van der Waals surface area contributed by atoms with Gasteiger partial charge < -0.3 is 16.4 Å². The summed E-state index contributed by atoms with van der Waals surface area (Å²) in [5, 5.41) is 5.67. The minimum Gasteiger partial charge on any atom is -0.366 e. The van der Waals surface area contributed by atoms with Gasteiger partial charge in [0.15, 0.2) is 0 Å². The van der Waals surface area contributed by atoms with Crippen LogP contribution in [0.15, 0.2) is 23.3 Å². The van der Waals surface area contributed by atoms with E-state index in [1.807, 2.05) is 0 Å². The van der Waals surface area contributed by atoms with Gasteiger partial charge in [-0.15, -0.1) is 0 Å². The molecular formula is C14H16FN3O2. The maximum absolute atomic E-state index is 13.7. The zero-order valence-corrected chi connectivity index (χ0v) is 11.3. The highest BCUT2D eigenvalue weighted by molar-refractivity contribution is 6.05. The number of benzene rings is 1. The molecule has 2 amide bonds. The minimum atomic E-state index is -0.738. The van der Waals surface area contributed by atoms with Crippen molar-refractivity contribution in [2.24, 2.45) is 5.73 Å². The summed E-state index contributed by atoms with van der Waals surface area (Å²) in [5.41, 5.74) is 7.32. The van der Waals surface area contributed by atoms with E-state index in [1.165, 1.54) is 13.0 Å². The smallest absolute Gasteiger partial charge is 0.251 e. The van der Waals surface area contributed by atoms with Crippen molar-refractivity contribution in [2.75, 3.05) is 18.4 Å². The van der Waals surface area contributed by atoms with Gasteiger partial charge in [-0.1, -0.05) is 0 Å². The molecule has 1 fully saturated rings. The van der Waals surface area contributed by atoms with Crippen LogP contribution in [-0.2, 0) is 4.79 Å². The average Bonchev–Trinajstić information content (AvgIpc) is 2.32. The molecule has 106 valence electrons. The lowest BCUT2D eigenvalue weighted by Crippen LogP contribution is -2.36. The summed E-state index contributed by atoms with van der Waals surface area (Å²) >= 11 is 0. The molecule has 1 aliphatic heterocycles. The van der Waals surface area contributed by atoms with Crippen LogP contribution in [0.3, 0.4) is 0 Å². The number of carbonyl (C=O) groups excluding carboxylic acids is 2. The summed E-state index contributed by atoms with van der Waals surface area (Å²) in [5.74, 6) is -1.62. The first kappa shape index (κ1) is 14.2. The van der Waals surface area contributed by atoms with Crippen LogP contribution in [0.5, 0.6) is 0 Å². The van der Waals surface area contributed by atoms with E-state index in [-0.39, 0.29) is 22.7 Å². The van der Waals surface area contributed by atoms with Crippen LogP contribution in [-0.4, -0.2) is 24.9 Å². The van der Waals surface area contributed by atoms with Crippen molar-refractivity contribution in [3.8, 4) is 0 Å². The molecule has 4 N–H and O–H groups in total. The van der Waals surface area contributed by atoms with Crippen molar-refractivity contribution in [3.63, 3.8) is 0 Å². The predicted molar refractivity (Wildman–Crippen MR) is 73.9 cm³/mol. The zero-order chi connectivity index (χ0) is 14.9. The molecule has 0 radical (unpaired) electrons. The molecule has 0 unspecified atom stereocenters. The molecule has 1 heterocycles. The van der Waals surface area contributed by atoms with E-state index in [2.05, 4.69) is 10.6 Å². The number of halogens is 1. The Balaban J connectivity index is 2.29. The van der Waals surface area contributed by atoms with Crippen LogP contribution in [0.4, 0.5) is 10.1 Å². The van der Waals surface area contributed by atoms with Gasteiger partial charge >= 0.3 is 0 Å². The van der Waals surface area contributed by atoms with Gasteiger partial charge in [-0.25, -0.2) is 4.39 Å². The number of rotatable bonds is 3. The van der Waals surface area contributed by atoms with Gasteiger partial charge in [-0.05, 0) is 31.6 Å². The van der Waals surface area contributed by atoms with Crippen molar-refractivity contribution in [2.45, 2.75) is 13.8 Å². The number of amides is 2. The molecule has 1 aromatic carbocycles. The summed E-state index contributed by atoms with van der Waals surface area (Å²) in [6, 6.07) is 2.45. The first-order valence-corrected chi connectivity index (χ1v) is 6.20. The SMILES string of the molecule is CC(C(=O)Nc1cc(C(N)=O)cc(F)c1C)=C1CNC1. The third-order valence-corrected chi connectivity index (χ3v) is 3.42. The second-order valence-electron chi connectivity index (χ2n) is 4.78. The fourth-order valence-electron chi connectivity index (χ4n) is 1.84. The van der Waals surface area contributed by atoms with Gasteiger partial charge in [0.1, 0.15) is 5.82 Å². The Morgan fingerprint density at radius 3 is 2.50 bits per heavy atom. The normalized spacial score (nSPS) is 13.7. The van der Waals surface area contributed by atoms with Crippen LogP contribution in [0.2, 0.25) is 0 Å². The number of hydrogen-bond donors (Lipinski definition) is 3. The van der Waals surface area contributed by atoms with Gasteiger partial charge in [-0.3, -0.25) is 9.59 Å². The Kier molecular flexibility index (Phi) is 3.85. The lowest BCUT2D eigenvalue weighted by molar-refractivity contribution is -0.112. The topological polar surface area (TPSA) is 84.2 Å². The number of primary amides is 1. The van der Waals surface area contributed by atoms with Crippen molar-refractivity contribution >= 4 is 17.5 Å². The summed E-state index contributed by atoms with van der Waals surface area (Å²) in [7, 11) is 0. The number of nitrogens with one attached hydrogen (secondary N) is 2. The molecule has 6 heteroatoms. The van der Waals surface area contributed by atoms with E-state index < -0.39 is 11.7 Å². The van der Waals surface area contributed by atoms with Crippen LogP contribution in [0, 0.1) is 12.7 Å². The molecule has 1 aromatic rings. The lowest BCUT2D eigenvalue weighted by Gasteiger charge is -2.21. The van der Waals surface area contributed by atoms with Crippen LogP contribution >= 0.6 is 0 Å². The Bertz CT molecular complexity index is 617. The van der Waals surface area contributed by atoms with E-state index in [0.29, 0.717) is 18.7 Å². The number of anilines is 1. The van der Waals surface area contributed by atoms with Crippen LogP contribution < -0.4 is 16.4 Å². The third kappa shape index (κ3) is 2.70. The first-order valence-electron chi connectivity index (χ1n) is 6.20. The van der Waals surface area contributed by atoms with Gasteiger partial charge in [0.25, 0.3) is 5.91 Å². The summed E-state index contributed by atoms with van der Waals surface area (Å²) < 4.78 is 13.7. The second kappa shape index (κ2) is 5.42. The Morgan fingerprint density at radius 2 is 2.00 bits per heavy atom. The molecule has 0 bridgehead atoms.